The molecule has 1 aromatic heterocycles. The van der Waals surface area contributed by atoms with Crippen LogP contribution in [0.5, 0.6) is 0 Å². The number of hydrogen-bond donors (Lipinski definition) is 3. The van der Waals surface area contributed by atoms with E-state index < -0.39 is 6.03 Å². The summed E-state index contributed by atoms with van der Waals surface area (Å²) in [4.78, 5) is 19.7. The molecule has 2 rings (SSSR count). The third kappa shape index (κ3) is 6.26. The van der Waals surface area contributed by atoms with E-state index in [1.807, 2.05) is 36.4 Å². The summed E-state index contributed by atoms with van der Waals surface area (Å²) in [5.41, 5.74) is 7.08. The number of carbonyl (C=O) groups excluding carboxylic acids is 1. The minimum Gasteiger partial charge on any atom is -0.356 e. The van der Waals surface area contributed by atoms with Gasteiger partial charge in [-0.2, -0.15) is 0 Å². The van der Waals surface area contributed by atoms with Crippen LogP contribution in [0.4, 0.5) is 4.79 Å². The zero-order chi connectivity index (χ0) is 17.2. The number of nitrogens with zero attached hydrogens (tertiary/aromatic N) is 2. The van der Waals surface area contributed by atoms with Crippen molar-refractivity contribution in [1.29, 1.82) is 0 Å². The molecule has 0 saturated carbocycles. The van der Waals surface area contributed by atoms with E-state index in [1.165, 1.54) is 0 Å². The maximum atomic E-state index is 11.1. The molecule has 0 spiro atoms. The fourth-order valence-electron chi connectivity index (χ4n) is 2.08. The Morgan fingerprint density at radius 1 is 1.21 bits per heavy atom. The Bertz CT molecular complexity index is 690. The first-order chi connectivity index (χ1) is 11.6. The van der Waals surface area contributed by atoms with Gasteiger partial charge >= 0.3 is 6.03 Å². The first-order valence-corrected chi connectivity index (χ1v) is 8.01. The molecule has 0 atom stereocenters. The Kier molecular flexibility index (Phi) is 7.04. The minimum absolute atomic E-state index is 0.360. The normalized spacial score (nSPS) is 11.1. The second-order valence-electron chi connectivity index (χ2n) is 5.10. The number of benzene rings is 1. The maximum absolute atomic E-state index is 11.1. The van der Waals surface area contributed by atoms with Crippen molar-refractivity contribution in [3.05, 3.63) is 64.9 Å². The number of hydrogen-bond acceptors (Lipinski definition) is 3. The van der Waals surface area contributed by atoms with E-state index in [1.54, 1.807) is 12.3 Å². The summed E-state index contributed by atoms with van der Waals surface area (Å²) < 4.78 is 0. The highest BCUT2D eigenvalue weighted by Crippen LogP contribution is 2.13. The zero-order valence-electron chi connectivity index (χ0n) is 13.2. The molecule has 6 nitrogen and oxygen atoms in total. The smallest absolute Gasteiger partial charge is 0.318 e. The summed E-state index contributed by atoms with van der Waals surface area (Å²) in [6.07, 6.45) is 3.24. The van der Waals surface area contributed by atoms with E-state index in [0.717, 1.165) is 24.1 Å². The SMILES string of the molecule is NC(=O)NC(=NCc1ccccc1)NCCCc1ncccc1Cl. The first kappa shape index (κ1) is 17.7. The van der Waals surface area contributed by atoms with Crippen LogP contribution in [0, 0.1) is 0 Å². The number of pyridine rings is 1. The summed E-state index contributed by atoms with van der Waals surface area (Å²) in [5.74, 6) is 0.360. The molecule has 2 amide bonds. The predicted octanol–water partition coefficient (Wildman–Crippen LogP) is 2.48. The number of primary amides is 1. The van der Waals surface area contributed by atoms with Crippen molar-refractivity contribution in [3.8, 4) is 0 Å². The molecule has 126 valence electrons. The van der Waals surface area contributed by atoms with Crippen LogP contribution in [-0.4, -0.2) is 23.5 Å². The van der Waals surface area contributed by atoms with Crippen molar-refractivity contribution in [2.75, 3.05) is 6.54 Å². The summed E-state index contributed by atoms with van der Waals surface area (Å²) in [6, 6.07) is 12.7. The maximum Gasteiger partial charge on any atom is 0.318 e. The van der Waals surface area contributed by atoms with Gasteiger partial charge in [-0.1, -0.05) is 41.9 Å². The van der Waals surface area contributed by atoms with Crippen molar-refractivity contribution >= 4 is 23.6 Å². The summed E-state index contributed by atoms with van der Waals surface area (Å²) in [7, 11) is 0. The van der Waals surface area contributed by atoms with Crippen LogP contribution in [0.15, 0.2) is 53.7 Å². The molecule has 24 heavy (non-hydrogen) atoms. The van der Waals surface area contributed by atoms with Crippen molar-refractivity contribution in [2.24, 2.45) is 10.7 Å². The standard InChI is InChI=1S/C17H20ClN5O/c18-14-8-4-10-20-15(14)9-5-11-21-17(23-16(19)24)22-12-13-6-2-1-3-7-13/h1-4,6-8,10H,5,9,11-12H2,(H4,19,21,22,23,24). The number of nitrogens with two attached hydrogens (primary N) is 1. The number of carbonyl (C=O) groups is 1. The van der Waals surface area contributed by atoms with Gasteiger partial charge in [0.15, 0.2) is 5.96 Å². The molecule has 4 N–H and O–H groups in total. The van der Waals surface area contributed by atoms with Crippen molar-refractivity contribution in [2.45, 2.75) is 19.4 Å². The molecule has 2 aromatic rings. The quantitative estimate of drug-likeness (QED) is 0.426. The van der Waals surface area contributed by atoms with Gasteiger partial charge in [0.25, 0.3) is 0 Å². The second kappa shape index (κ2) is 9.52. The summed E-state index contributed by atoms with van der Waals surface area (Å²) >= 11 is 6.07. The van der Waals surface area contributed by atoms with Crippen LogP contribution >= 0.6 is 11.6 Å². The number of aryl methyl sites for hydroxylation is 1. The Morgan fingerprint density at radius 3 is 2.71 bits per heavy atom. The van der Waals surface area contributed by atoms with Gasteiger partial charge in [-0.25, -0.2) is 9.79 Å². The average Bonchev–Trinajstić information content (AvgIpc) is 2.58. The van der Waals surface area contributed by atoms with Gasteiger partial charge < -0.3 is 11.1 Å². The fraction of sp³-hybridized carbons (Fsp3) is 0.235. The van der Waals surface area contributed by atoms with Gasteiger partial charge in [0, 0.05) is 12.7 Å². The number of aromatic nitrogens is 1. The Labute approximate surface area is 146 Å². The number of aliphatic imine (C=N–C) groups is 1. The zero-order valence-corrected chi connectivity index (χ0v) is 14.0. The van der Waals surface area contributed by atoms with Gasteiger partial charge in [0.2, 0.25) is 0 Å². The van der Waals surface area contributed by atoms with Crippen LogP contribution in [0.1, 0.15) is 17.7 Å². The van der Waals surface area contributed by atoms with Gasteiger partial charge in [-0.05, 0) is 30.5 Å². The third-order valence-electron chi connectivity index (χ3n) is 3.22. The summed E-state index contributed by atoms with van der Waals surface area (Å²) in [5, 5.41) is 6.23. The van der Waals surface area contributed by atoms with Crippen LogP contribution in [0.25, 0.3) is 0 Å². The van der Waals surface area contributed by atoms with Crippen molar-refractivity contribution in [3.63, 3.8) is 0 Å². The molecule has 0 fully saturated rings. The molecule has 0 saturated heterocycles. The number of amides is 2. The van der Waals surface area contributed by atoms with E-state index >= 15 is 0 Å². The van der Waals surface area contributed by atoms with Crippen LogP contribution in [0.3, 0.4) is 0 Å². The molecule has 1 aromatic carbocycles. The highest BCUT2D eigenvalue weighted by Gasteiger charge is 2.04. The molecule has 0 aliphatic heterocycles. The lowest BCUT2D eigenvalue weighted by molar-refractivity contribution is 0.253. The van der Waals surface area contributed by atoms with Crippen molar-refractivity contribution in [1.82, 2.24) is 15.6 Å². The Morgan fingerprint density at radius 2 is 2.00 bits per heavy atom. The molecule has 0 aliphatic carbocycles. The lowest BCUT2D eigenvalue weighted by atomic mass is 10.2. The molecule has 0 bridgehead atoms. The summed E-state index contributed by atoms with van der Waals surface area (Å²) in [6.45, 7) is 1.07. The third-order valence-corrected chi connectivity index (χ3v) is 3.57. The molecular formula is C17H20ClN5O. The van der Waals surface area contributed by atoms with Gasteiger partial charge in [0.1, 0.15) is 0 Å². The molecular weight excluding hydrogens is 326 g/mol. The van der Waals surface area contributed by atoms with Gasteiger partial charge in [-0.15, -0.1) is 0 Å². The minimum atomic E-state index is -0.651. The lowest BCUT2D eigenvalue weighted by Gasteiger charge is -2.10. The second-order valence-corrected chi connectivity index (χ2v) is 5.51. The topological polar surface area (TPSA) is 92.4 Å². The van der Waals surface area contributed by atoms with Gasteiger partial charge in [0.05, 0.1) is 17.3 Å². The monoisotopic (exact) mass is 345 g/mol. The largest absolute Gasteiger partial charge is 0.356 e. The fourth-order valence-corrected chi connectivity index (χ4v) is 2.29. The molecule has 1 heterocycles. The van der Waals surface area contributed by atoms with E-state index in [2.05, 4.69) is 20.6 Å². The first-order valence-electron chi connectivity index (χ1n) is 7.63. The van der Waals surface area contributed by atoms with E-state index in [9.17, 15) is 4.79 Å². The number of nitrogens with one attached hydrogen (secondary N) is 2. The van der Waals surface area contributed by atoms with E-state index in [-0.39, 0.29) is 0 Å². The lowest BCUT2D eigenvalue weighted by Crippen LogP contribution is -2.44. The van der Waals surface area contributed by atoms with E-state index in [0.29, 0.717) is 24.1 Å². The molecule has 0 unspecified atom stereocenters. The molecule has 7 heteroatoms. The average molecular weight is 346 g/mol. The van der Waals surface area contributed by atoms with Crippen LogP contribution < -0.4 is 16.4 Å². The van der Waals surface area contributed by atoms with Crippen LogP contribution in [-0.2, 0) is 13.0 Å². The van der Waals surface area contributed by atoms with Gasteiger partial charge in [-0.3, -0.25) is 10.3 Å². The Hall–Kier alpha value is -2.60. The van der Waals surface area contributed by atoms with Crippen molar-refractivity contribution < 1.29 is 4.79 Å². The van der Waals surface area contributed by atoms with Crippen LogP contribution in [0.2, 0.25) is 5.02 Å². The van der Waals surface area contributed by atoms with E-state index in [4.69, 9.17) is 17.3 Å². The highest BCUT2D eigenvalue weighted by molar-refractivity contribution is 6.31. The predicted molar refractivity (Wildman–Crippen MR) is 95.9 cm³/mol. The number of urea groups is 1. The highest BCUT2D eigenvalue weighted by atomic mass is 35.5. The number of guanidine groups is 1. The molecule has 0 radical (unpaired) electrons. The molecule has 0 aliphatic rings. The Balaban J connectivity index is 1.84. The number of rotatable bonds is 6. The number of halogens is 1.